The van der Waals surface area contributed by atoms with Crippen molar-refractivity contribution in [2.45, 2.75) is 13.0 Å². The second-order valence-corrected chi connectivity index (χ2v) is 3.53. The van der Waals surface area contributed by atoms with Gasteiger partial charge in [-0.15, -0.1) is 0 Å². The number of nitrogens with zero attached hydrogens (tertiary/aromatic N) is 2. The molecular formula is C8H17N3O. The van der Waals surface area contributed by atoms with E-state index in [1.54, 1.807) is 4.90 Å². The Morgan fingerprint density at radius 1 is 1.58 bits per heavy atom. The maximum atomic E-state index is 11.2. The van der Waals surface area contributed by atoms with Gasteiger partial charge in [0.25, 0.3) is 0 Å². The van der Waals surface area contributed by atoms with Crippen LogP contribution in [0.4, 0.5) is 0 Å². The van der Waals surface area contributed by atoms with Crippen LogP contribution < -0.4 is 5.73 Å². The third-order valence-electron chi connectivity index (χ3n) is 2.08. The molecule has 70 valence electrons. The Morgan fingerprint density at radius 2 is 2.25 bits per heavy atom. The standard InChI is InChI=1S/C8H17N3O/c1-7(9)5-11-4-3-10(2)8(12)6-11/h7H,3-6,9H2,1-2H3. The quantitative estimate of drug-likeness (QED) is 0.586. The minimum Gasteiger partial charge on any atom is -0.343 e. The summed E-state index contributed by atoms with van der Waals surface area (Å²) in [7, 11) is 1.84. The summed E-state index contributed by atoms with van der Waals surface area (Å²) in [5, 5.41) is 0. The van der Waals surface area contributed by atoms with Crippen molar-refractivity contribution in [3.63, 3.8) is 0 Å². The number of nitrogens with two attached hydrogens (primary N) is 1. The average Bonchev–Trinajstić information content (AvgIpc) is 1.96. The number of hydrogen-bond acceptors (Lipinski definition) is 3. The van der Waals surface area contributed by atoms with E-state index in [-0.39, 0.29) is 11.9 Å². The van der Waals surface area contributed by atoms with E-state index in [9.17, 15) is 4.79 Å². The highest BCUT2D eigenvalue weighted by Gasteiger charge is 2.20. The van der Waals surface area contributed by atoms with Gasteiger partial charge in [-0.3, -0.25) is 9.69 Å². The number of likely N-dealkylation sites (N-methyl/N-ethyl adjacent to an activating group) is 1. The predicted octanol–water partition coefficient (Wildman–Crippen LogP) is -0.892. The summed E-state index contributed by atoms with van der Waals surface area (Å²) in [6.45, 7) is 5.08. The molecule has 0 saturated carbocycles. The van der Waals surface area contributed by atoms with Crippen LogP contribution in [-0.2, 0) is 4.79 Å². The lowest BCUT2D eigenvalue weighted by molar-refractivity contribution is -0.134. The van der Waals surface area contributed by atoms with E-state index in [4.69, 9.17) is 5.73 Å². The van der Waals surface area contributed by atoms with Gasteiger partial charge in [-0.25, -0.2) is 0 Å². The fourth-order valence-corrected chi connectivity index (χ4v) is 1.37. The van der Waals surface area contributed by atoms with E-state index < -0.39 is 0 Å². The third kappa shape index (κ3) is 2.46. The molecule has 4 nitrogen and oxygen atoms in total. The number of carbonyl (C=O) groups excluding carboxylic acids is 1. The van der Waals surface area contributed by atoms with Crippen molar-refractivity contribution in [1.82, 2.24) is 9.80 Å². The van der Waals surface area contributed by atoms with Gasteiger partial charge in [0.2, 0.25) is 5.91 Å². The fourth-order valence-electron chi connectivity index (χ4n) is 1.37. The minimum absolute atomic E-state index is 0.154. The molecule has 0 aromatic heterocycles. The van der Waals surface area contributed by atoms with E-state index in [1.807, 2.05) is 14.0 Å². The molecule has 0 spiro atoms. The molecule has 0 bridgehead atoms. The van der Waals surface area contributed by atoms with Crippen molar-refractivity contribution in [1.29, 1.82) is 0 Å². The van der Waals surface area contributed by atoms with E-state index in [2.05, 4.69) is 4.90 Å². The molecule has 1 saturated heterocycles. The van der Waals surface area contributed by atoms with E-state index in [0.29, 0.717) is 6.54 Å². The number of carbonyl (C=O) groups is 1. The summed E-state index contributed by atoms with van der Waals surface area (Å²) in [5.74, 6) is 0.196. The lowest BCUT2D eigenvalue weighted by Gasteiger charge is -2.32. The smallest absolute Gasteiger partial charge is 0.236 e. The van der Waals surface area contributed by atoms with Crippen LogP contribution in [0, 0.1) is 0 Å². The van der Waals surface area contributed by atoms with Crippen LogP contribution in [-0.4, -0.2) is 55.0 Å². The normalized spacial score (nSPS) is 22.9. The van der Waals surface area contributed by atoms with Crippen LogP contribution >= 0.6 is 0 Å². The molecule has 1 rings (SSSR count). The first-order valence-electron chi connectivity index (χ1n) is 4.31. The Bertz CT molecular complexity index is 170. The molecule has 1 fully saturated rings. The lowest BCUT2D eigenvalue weighted by atomic mass is 10.2. The van der Waals surface area contributed by atoms with Gasteiger partial charge in [0.15, 0.2) is 0 Å². The highest BCUT2D eigenvalue weighted by Crippen LogP contribution is 2.00. The first kappa shape index (κ1) is 9.48. The maximum absolute atomic E-state index is 11.2. The zero-order chi connectivity index (χ0) is 9.14. The summed E-state index contributed by atoms with van der Waals surface area (Å²) in [4.78, 5) is 15.1. The van der Waals surface area contributed by atoms with Crippen molar-refractivity contribution in [3.8, 4) is 0 Å². The number of hydrogen-bond donors (Lipinski definition) is 1. The molecule has 0 aromatic rings. The number of rotatable bonds is 2. The minimum atomic E-state index is 0.154. The zero-order valence-corrected chi connectivity index (χ0v) is 7.79. The van der Waals surface area contributed by atoms with Gasteiger partial charge >= 0.3 is 0 Å². The van der Waals surface area contributed by atoms with Gasteiger partial charge in [0.05, 0.1) is 6.54 Å². The molecule has 2 N–H and O–H groups in total. The second kappa shape index (κ2) is 3.87. The van der Waals surface area contributed by atoms with E-state index >= 15 is 0 Å². The van der Waals surface area contributed by atoms with Crippen molar-refractivity contribution < 1.29 is 4.79 Å². The Hall–Kier alpha value is -0.610. The van der Waals surface area contributed by atoms with Gasteiger partial charge in [-0.05, 0) is 6.92 Å². The van der Waals surface area contributed by atoms with E-state index in [0.717, 1.165) is 19.6 Å². The zero-order valence-electron chi connectivity index (χ0n) is 7.79. The third-order valence-corrected chi connectivity index (χ3v) is 2.08. The van der Waals surface area contributed by atoms with Gasteiger partial charge in [-0.1, -0.05) is 0 Å². The molecule has 0 aromatic carbocycles. The van der Waals surface area contributed by atoms with Gasteiger partial charge in [0, 0.05) is 32.7 Å². The van der Waals surface area contributed by atoms with Gasteiger partial charge < -0.3 is 10.6 Å². The highest BCUT2D eigenvalue weighted by molar-refractivity contribution is 5.78. The first-order chi connectivity index (χ1) is 5.59. The second-order valence-electron chi connectivity index (χ2n) is 3.53. The molecule has 4 heteroatoms. The lowest BCUT2D eigenvalue weighted by Crippen LogP contribution is -2.51. The Labute approximate surface area is 73.3 Å². The number of piperazine rings is 1. The van der Waals surface area contributed by atoms with Crippen molar-refractivity contribution in [2.75, 3.05) is 33.2 Å². The van der Waals surface area contributed by atoms with E-state index in [1.165, 1.54) is 0 Å². The summed E-state index contributed by atoms with van der Waals surface area (Å²) in [6, 6.07) is 0.154. The predicted molar refractivity (Wildman–Crippen MR) is 47.7 cm³/mol. The van der Waals surface area contributed by atoms with Crippen LogP contribution in [0.5, 0.6) is 0 Å². The molecule has 1 heterocycles. The fraction of sp³-hybridized carbons (Fsp3) is 0.875. The van der Waals surface area contributed by atoms with Crippen LogP contribution in [0.2, 0.25) is 0 Å². The van der Waals surface area contributed by atoms with Crippen molar-refractivity contribution in [3.05, 3.63) is 0 Å². The Morgan fingerprint density at radius 3 is 2.75 bits per heavy atom. The highest BCUT2D eigenvalue weighted by atomic mass is 16.2. The summed E-state index contributed by atoms with van der Waals surface area (Å²) in [5.41, 5.74) is 5.64. The molecule has 1 unspecified atom stereocenters. The average molecular weight is 171 g/mol. The molecule has 1 atom stereocenters. The van der Waals surface area contributed by atoms with Crippen molar-refractivity contribution in [2.24, 2.45) is 5.73 Å². The molecule has 0 aliphatic carbocycles. The number of amides is 1. The SMILES string of the molecule is CC(N)CN1CCN(C)C(=O)C1. The summed E-state index contributed by atoms with van der Waals surface area (Å²) >= 11 is 0. The van der Waals surface area contributed by atoms with Gasteiger partial charge in [-0.2, -0.15) is 0 Å². The molecular weight excluding hydrogens is 154 g/mol. The molecule has 1 amide bonds. The summed E-state index contributed by atoms with van der Waals surface area (Å²) < 4.78 is 0. The van der Waals surface area contributed by atoms with Crippen LogP contribution in [0.15, 0.2) is 0 Å². The molecule has 0 radical (unpaired) electrons. The monoisotopic (exact) mass is 171 g/mol. The Kier molecular flexibility index (Phi) is 3.05. The maximum Gasteiger partial charge on any atom is 0.236 e. The van der Waals surface area contributed by atoms with Gasteiger partial charge in [0.1, 0.15) is 0 Å². The largest absolute Gasteiger partial charge is 0.343 e. The summed E-state index contributed by atoms with van der Waals surface area (Å²) in [6.07, 6.45) is 0. The molecule has 12 heavy (non-hydrogen) atoms. The molecule has 1 aliphatic rings. The first-order valence-corrected chi connectivity index (χ1v) is 4.31. The molecule has 1 aliphatic heterocycles. The topological polar surface area (TPSA) is 49.6 Å². The van der Waals surface area contributed by atoms with Crippen molar-refractivity contribution >= 4 is 5.91 Å². The van der Waals surface area contributed by atoms with Crippen LogP contribution in [0.3, 0.4) is 0 Å². The Balaban J connectivity index is 2.35. The van der Waals surface area contributed by atoms with Crippen LogP contribution in [0.25, 0.3) is 0 Å². The van der Waals surface area contributed by atoms with Crippen LogP contribution in [0.1, 0.15) is 6.92 Å².